The highest BCUT2D eigenvalue weighted by atomic mass is 79.9. The molecule has 5 nitrogen and oxygen atoms in total. The maximum Gasteiger partial charge on any atom is 0.283 e. The van der Waals surface area contributed by atoms with Gasteiger partial charge in [0, 0.05) is 23.9 Å². The predicted octanol–water partition coefficient (Wildman–Crippen LogP) is 3.46. The molecule has 0 radical (unpaired) electrons. The molecule has 0 aromatic heterocycles. The molecule has 2 rings (SSSR count). The summed E-state index contributed by atoms with van der Waals surface area (Å²) in [5.41, 5.74) is 2.45. The van der Waals surface area contributed by atoms with E-state index in [0.717, 1.165) is 16.8 Å². The fraction of sp³-hybridized carbons (Fsp3) is 0.143. The van der Waals surface area contributed by atoms with Crippen LogP contribution in [0.4, 0.5) is 11.4 Å². The first-order chi connectivity index (χ1) is 9.61. The van der Waals surface area contributed by atoms with Gasteiger partial charge in [0.2, 0.25) is 0 Å². The molecule has 0 saturated heterocycles. The summed E-state index contributed by atoms with van der Waals surface area (Å²) < 4.78 is 0.460. The van der Waals surface area contributed by atoms with Crippen molar-refractivity contribution in [2.24, 2.45) is 0 Å². The Balaban J connectivity index is 2.15. The minimum Gasteiger partial charge on any atom is -0.392 e. The molecule has 0 fully saturated rings. The molecule has 0 bridgehead atoms. The number of anilines is 1. The number of nitro groups is 1. The van der Waals surface area contributed by atoms with Gasteiger partial charge in [0.05, 0.1) is 16.0 Å². The topological polar surface area (TPSA) is 75.4 Å². The van der Waals surface area contributed by atoms with E-state index in [2.05, 4.69) is 21.2 Å². The lowest BCUT2D eigenvalue weighted by atomic mass is 10.1. The van der Waals surface area contributed by atoms with Crippen molar-refractivity contribution in [3.63, 3.8) is 0 Å². The zero-order valence-corrected chi connectivity index (χ0v) is 12.1. The summed E-state index contributed by atoms with van der Waals surface area (Å²) in [6.07, 6.45) is 0. The summed E-state index contributed by atoms with van der Waals surface area (Å²) in [5, 5.41) is 23.3. The molecule has 0 saturated carbocycles. The minimum absolute atomic E-state index is 0.0414. The van der Waals surface area contributed by atoms with Crippen LogP contribution in [0.3, 0.4) is 0 Å². The third-order valence-corrected chi connectivity index (χ3v) is 3.55. The van der Waals surface area contributed by atoms with E-state index < -0.39 is 4.92 Å². The molecule has 0 atom stereocenters. The maximum absolute atomic E-state index is 10.9. The summed E-state index contributed by atoms with van der Waals surface area (Å²) in [5.74, 6) is 0. The summed E-state index contributed by atoms with van der Waals surface area (Å²) >= 11 is 3.15. The first kappa shape index (κ1) is 14.5. The Kier molecular flexibility index (Phi) is 4.70. The fourth-order valence-corrected chi connectivity index (χ4v) is 2.23. The van der Waals surface area contributed by atoms with E-state index in [9.17, 15) is 15.2 Å². The van der Waals surface area contributed by atoms with Gasteiger partial charge in [0.15, 0.2) is 0 Å². The highest BCUT2D eigenvalue weighted by molar-refractivity contribution is 9.10. The summed E-state index contributed by atoms with van der Waals surface area (Å²) in [4.78, 5) is 10.4. The SMILES string of the molecule is O=[N+]([O-])c1cc(CNc2ccccc2CO)ccc1Br. The van der Waals surface area contributed by atoms with E-state index in [1.807, 2.05) is 30.3 Å². The van der Waals surface area contributed by atoms with Crippen LogP contribution < -0.4 is 5.32 Å². The second-order valence-electron chi connectivity index (χ2n) is 4.21. The highest BCUT2D eigenvalue weighted by Gasteiger charge is 2.12. The molecule has 0 aliphatic heterocycles. The molecule has 20 heavy (non-hydrogen) atoms. The molecule has 2 N–H and O–H groups in total. The van der Waals surface area contributed by atoms with Crippen LogP contribution in [0.2, 0.25) is 0 Å². The molecular formula is C14H13BrN2O3. The Bertz CT molecular complexity index is 632. The Morgan fingerprint density at radius 1 is 1.25 bits per heavy atom. The van der Waals surface area contributed by atoms with E-state index >= 15 is 0 Å². The Labute approximate surface area is 124 Å². The van der Waals surface area contributed by atoms with Crippen LogP contribution in [0.1, 0.15) is 11.1 Å². The predicted molar refractivity (Wildman–Crippen MR) is 80.5 cm³/mol. The van der Waals surface area contributed by atoms with Crippen LogP contribution in [0.5, 0.6) is 0 Å². The Morgan fingerprint density at radius 2 is 2.00 bits per heavy atom. The number of nitro benzene ring substituents is 1. The Hall–Kier alpha value is -1.92. The third kappa shape index (κ3) is 3.34. The van der Waals surface area contributed by atoms with Gasteiger partial charge in [-0.25, -0.2) is 0 Å². The minimum atomic E-state index is -0.421. The summed E-state index contributed by atoms with van der Waals surface area (Å²) in [7, 11) is 0. The van der Waals surface area contributed by atoms with Crippen LogP contribution in [0.15, 0.2) is 46.9 Å². The van der Waals surface area contributed by atoms with Crippen LogP contribution in [0, 0.1) is 10.1 Å². The molecule has 2 aromatic rings. The average Bonchev–Trinajstić information content (AvgIpc) is 2.46. The number of para-hydroxylation sites is 1. The summed E-state index contributed by atoms with van der Waals surface area (Å²) in [6, 6.07) is 12.4. The first-order valence-corrected chi connectivity index (χ1v) is 6.76. The number of hydrogen-bond donors (Lipinski definition) is 2. The quantitative estimate of drug-likeness (QED) is 0.647. The molecule has 0 spiro atoms. The standard InChI is InChI=1S/C14H13BrN2O3/c15-12-6-5-10(7-14(12)17(19)20)8-16-13-4-2-1-3-11(13)9-18/h1-7,16,18H,8-9H2. The zero-order valence-electron chi connectivity index (χ0n) is 10.5. The van der Waals surface area contributed by atoms with Crippen molar-refractivity contribution in [2.75, 3.05) is 5.32 Å². The lowest BCUT2D eigenvalue weighted by Crippen LogP contribution is -2.03. The first-order valence-electron chi connectivity index (χ1n) is 5.97. The molecule has 104 valence electrons. The number of aliphatic hydroxyl groups is 1. The van der Waals surface area contributed by atoms with Crippen molar-refractivity contribution in [3.05, 3.63) is 68.2 Å². The van der Waals surface area contributed by atoms with Gasteiger partial charge >= 0.3 is 0 Å². The number of halogens is 1. The molecule has 0 aliphatic carbocycles. The normalized spacial score (nSPS) is 10.3. The smallest absolute Gasteiger partial charge is 0.283 e. The average molecular weight is 337 g/mol. The molecule has 0 unspecified atom stereocenters. The van der Waals surface area contributed by atoms with Crippen molar-refractivity contribution < 1.29 is 10.0 Å². The van der Waals surface area contributed by atoms with Crippen molar-refractivity contribution in [2.45, 2.75) is 13.2 Å². The van der Waals surface area contributed by atoms with Crippen LogP contribution in [-0.2, 0) is 13.2 Å². The van der Waals surface area contributed by atoms with E-state index in [1.54, 1.807) is 6.07 Å². The molecular weight excluding hydrogens is 324 g/mol. The van der Waals surface area contributed by atoms with Crippen LogP contribution >= 0.6 is 15.9 Å². The lowest BCUT2D eigenvalue weighted by Gasteiger charge is -2.10. The van der Waals surface area contributed by atoms with Gasteiger partial charge in [-0.05, 0) is 33.6 Å². The molecule has 6 heteroatoms. The second-order valence-corrected chi connectivity index (χ2v) is 5.07. The van der Waals surface area contributed by atoms with Gasteiger partial charge in [-0.1, -0.05) is 24.3 Å². The molecule has 0 aliphatic rings. The van der Waals surface area contributed by atoms with E-state index in [4.69, 9.17) is 0 Å². The van der Waals surface area contributed by atoms with Gasteiger partial charge in [-0.2, -0.15) is 0 Å². The molecule has 0 heterocycles. The molecule has 0 amide bonds. The lowest BCUT2D eigenvalue weighted by molar-refractivity contribution is -0.385. The Morgan fingerprint density at radius 3 is 2.70 bits per heavy atom. The number of nitrogens with zero attached hydrogens (tertiary/aromatic N) is 1. The number of benzene rings is 2. The van der Waals surface area contributed by atoms with Gasteiger partial charge in [-0.15, -0.1) is 0 Å². The van der Waals surface area contributed by atoms with Crippen LogP contribution in [0.25, 0.3) is 0 Å². The highest BCUT2D eigenvalue weighted by Crippen LogP contribution is 2.26. The van der Waals surface area contributed by atoms with Crippen molar-refractivity contribution in [1.29, 1.82) is 0 Å². The van der Waals surface area contributed by atoms with Crippen LogP contribution in [-0.4, -0.2) is 10.0 Å². The zero-order chi connectivity index (χ0) is 14.5. The maximum atomic E-state index is 10.9. The number of hydrogen-bond acceptors (Lipinski definition) is 4. The fourth-order valence-electron chi connectivity index (χ4n) is 1.84. The monoisotopic (exact) mass is 336 g/mol. The van der Waals surface area contributed by atoms with Gasteiger partial charge < -0.3 is 10.4 Å². The van der Waals surface area contributed by atoms with Gasteiger partial charge in [0.1, 0.15) is 0 Å². The van der Waals surface area contributed by atoms with Crippen molar-refractivity contribution >= 4 is 27.3 Å². The van der Waals surface area contributed by atoms with E-state index in [-0.39, 0.29) is 12.3 Å². The van der Waals surface area contributed by atoms with Gasteiger partial charge in [0.25, 0.3) is 5.69 Å². The van der Waals surface area contributed by atoms with Crippen molar-refractivity contribution in [1.82, 2.24) is 0 Å². The van der Waals surface area contributed by atoms with Gasteiger partial charge in [-0.3, -0.25) is 10.1 Å². The second kappa shape index (κ2) is 6.49. The van der Waals surface area contributed by atoms with E-state index in [1.165, 1.54) is 6.07 Å². The summed E-state index contributed by atoms with van der Waals surface area (Å²) in [6.45, 7) is 0.398. The largest absolute Gasteiger partial charge is 0.392 e. The number of aliphatic hydroxyl groups excluding tert-OH is 1. The molecule has 2 aromatic carbocycles. The van der Waals surface area contributed by atoms with Crippen molar-refractivity contribution in [3.8, 4) is 0 Å². The number of rotatable bonds is 5. The number of nitrogens with one attached hydrogen (secondary N) is 1. The van der Waals surface area contributed by atoms with E-state index in [0.29, 0.717) is 11.0 Å². The third-order valence-electron chi connectivity index (χ3n) is 2.88.